The molecule has 3 aliphatic rings. The van der Waals surface area contributed by atoms with Crippen molar-refractivity contribution in [1.82, 2.24) is 4.98 Å². The molecule has 3 fully saturated rings. The molecule has 39 heavy (non-hydrogen) atoms. The first kappa shape index (κ1) is 27.6. The smallest absolute Gasteiger partial charge is 0.255 e. The van der Waals surface area contributed by atoms with Crippen molar-refractivity contribution < 1.29 is 37.3 Å². The number of nitrogens with one attached hydrogen (secondary N) is 1. The van der Waals surface area contributed by atoms with Crippen molar-refractivity contribution >= 4 is 33.0 Å². The van der Waals surface area contributed by atoms with E-state index in [9.17, 15) is 37.3 Å². The van der Waals surface area contributed by atoms with Crippen LogP contribution in [0.2, 0.25) is 5.02 Å². The number of aliphatic hydroxyl groups excluding tert-OH is 2. The minimum Gasteiger partial charge on any atom is -0.387 e. The van der Waals surface area contributed by atoms with Crippen LogP contribution in [0.15, 0.2) is 65.8 Å². The van der Waals surface area contributed by atoms with E-state index < -0.39 is 62.3 Å². The van der Waals surface area contributed by atoms with Crippen molar-refractivity contribution in [2.75, 3.05) is 5.32 Å². The molecule has 4 N–H and O–H groups in total. The van der Waals surface area contributed by atoms with Crippen LogP contribution in [0.1, 0.15) is 41.3 Å². The van der Waals surface area contributed by atoms with Crippen LogP contribution in [0, 0.1) is 23.5 Å². The Morgan fingerprint density at radius 1 is 1.00 bits per heavy atom. The molecular weight excluding hydrogens is 554 g/mol. The summed E-state index contributed by atoms with van der Waals surface area (Å²) < 4.78 is 53.9. The molecule has 3 saturated carbocycles. The van der Waals surface area contributed by atoms with E-state index in [-0.39, 0.29) is 34.0 Å². The first-order valence-electron chi connectivity index (χ1n) is 12.2. The number of amides is 1. The highest BCUT2D eigenvalue weighted by molar-refractivity contribution is 7.92. The van der Waals surface area contributed by atoms with Crippen molar-refractivity contribution in [3.05, 3.63) is 88.7 Å². The van der Waals surface area contributed by atoms with Gasteiger partial charge in [0.25, 0.3) is 5.91 Å². The molecule has 12 heteroatoms. The van der Waals surface area contributed by atoms with E-state index in [0.29, 0.717) is 12.0 Å². The van der Waals surface area contributed by atoms with E-state index in [2.05, 4.69) is 10.3 Å². The summed E-state index contributed by atoms with van der Waals surface area (Å²) in [6.07, 6.45) is 0.543. The van der Waals surface area contributed by atoms with E-state index in [1.54, 1.807) is 0 Å². The predicted molar refractivity (Wildman–Crippen MR) is 138 cm³/mol. The second-order valence-corrected chi connectivity index (χ2v) is 12.7. The number of hydrogen-bond acceptors (Lipinski definition) is 7. The van der Waals surface area contributed by atoms with Gasteiger partial charge in [-0.2, -0.15) is 0 Å². The molecule has 0 aliphatic heterocycles. The number of carbonyl (C=O) groups is 1. The number of sulfone groups is 1. The second-order valence-electron chi connectivity index (χ2n) is 10.1. The number of anilines is 1. The fourth-order valence-electron chi connectivity index (χ4n) is 5.75. The Kier molecular flexibility index (Phi) is 7.23. The van der Waals surface area contributed by atoms with Gasteiger partial charge in [-0.25, -0.2) is 17.2 Å². The average molecular weight is 579 g/mol. The lowest BCUT2D eigenvalue weighted by molar-refractivity contribution is -0.252. The largest absolute Gasteiger partial charge is 0.387 e. The summed E-state index contributed by atoms with van der Waals surface area (Å²) in [6.45, 7) is 0. The zero-order chi connectivity index (χ0) is 28.1. The maximum atomic E-state index is 13.6. The monoisotopic (exact) mass is 578 g/mol. The molecule has 1 amide bonds. The first-order valence-corrected chi connectivity index (χ1v) is 14.1. The fraction of sp³-hybridized carbons (Fsp3) is 0.333. The SMILES string of the molecule is O=C(Nc1ccc(F)c(F)c1)c1ccc(Cl)c(S(=O)(=O)C2CC3CC(C2)C3(O)C(O)C(O)c2ccncc2)c1. The Labute approximate surface area is 228 Å². The van der Waals surface area contributed by atoms with Gasteiger partial charge in [0.2, 0.25) is 0 Å². The Bertz CT molecular complexity index is 1510. The number of halogens is 3. The molecule has 0 saturated heterocycles. The summed E-state index contributed by atoms with van der Waals surface area (Å²) in [7, 11) is -4.07. The number of benzene rings is 2. The van der Waals surface area contributed by atoms with Crippen molar-refractivity contribution in [2.45, 2.75) is 47.2 Å². The van der Waals surface area contributed by atoms with Crippen LogP contribution in [0.3, 0.4) is 0 Å². The Hall–Kier alpha value is -2.96. The van der Waals surface area contributed by atoms with Crippen LogP contribution < -0.4 is 5.32 Å². The van der Waals surface area contributed by atoms with Gasteiger partial charge in [0, 0.05) is 29.7 Å². The molecule has 2 aromatic carbocycles. The molecule has 206 valence electrons. The molecule has 0 radical (unpaired) electrons. The zero-order valence-corrected chi connectivity index (χ0v) is 21.9. The number of hydrogen-bond donors (Lipinski definition) is 4. The molecule has 1 aromatic heterocycles. The summed E-state index contributed by atoms with van der Waals surface area (Å²) in [5.74, 6) is -4.14. The van der Waals surface area contributed by atoms with Gasteiger partial charge in [-0.15, -0.1) is 0 Å². The predicted octanol–water partition coefficient (Wildman–Crippen LogP) is 3.66. The molecule has 1 heterocycles. The van der Waals surface area contributed by atoms with E-state index in [1.165, 1.54) is 42.7 Å². The molecule has 2 bridgehead atoms. The number of aliphatic hydroxyl groups is 3. The summed E-state index contributed by atoms with van der Waals surface area (Å²) in [6, 6.07) is 9.57. The Morgan fingerprint density at radius 3 is 2.31 bits per heavy atom. The fourth-order valence-corrected chi connectivity index (χ4v) is 8.15. The third kappa shape index (κ3) is 4.82. The lowest BCUT2D eigenvalue weighted by Crippen LogP contribution is -2.68. The maximum absolute atomic E-state index is 13.6. The first-order chi connectivity index (χ1) is 18.4. The topological polar surface area (TPSA) is 137 Å². The van der Waals surface area contributed by atoms with Gasteiger partial charge in [0.05, 0.1) is 20.8 Å². The number of nitrogens with zero attached hydrogens (tertiary/aromatic N) is 1. The maximum Gasteiger partial charge on any atom is 0.255 e. The quantitative estimate of drug-likeness (QED) is 0.336. The molecule has 0 spiro atoms. The van der Waals surface area contributed by atoms with Gasteiger partial charge in [-0.05, 0) is 79.1 Å². The van der Waals surface area contributed by atoms with Crippen LogP contribution in [-0.2, 0) is 9.84 Å². The molecule has 6 rings (SSSR count). The van der Waals surface area contributed by atoms with Crippen molar-refractivity contribution in [2.24, 2.45) is 11.8 Å². The van der Waals surface area contributed by atoms with Crippen LogP contribution in [0.4, 0.5) is 14.5 Å². The van der Waals surface area contributed by atoms with Crippen LogP contribution >= 0.6 is 11.6 Å². The van der Waals surface area contributed by atoms with Gasteiger partial charge >= 0.3 is 0 Å². The number of fused-ring (bicyclic) bond motifs is 2. The van der Waals surface area contributed by atoms with Gasteiger partial charge in [0.15, 0.2) is 21.5 Å². The Morgan fingerprint density at radius 2 is 1.67 bits per heavy atom. The zero-order valence-electron chi connectivity index (χ0n) is 20.3. The molecule has 4 atom stereocenters. The summed E-state index contributed by atoms with van der Waals surface area (Å²) in [5, 5.41) is 34.2. The van der Waals surface area contributed by atoms with Crippen molar-refractivity contribution in [1.29, 1.82) is 0 Å². The minimum atomic E-state index is -4.07. The Balaban J connectivity index is 1.34. The van der Waals surface area contributed by atoms with E-state index in [4.69, 9.17) is 11.6 Å². The lowest BCUT2D eigenvalue weighted by Gasteiger charge is -2.60. The number of carbonyl (C=O) groups excluding carboxylic acids is 1. The van der Waals surface area contributed by atoms with Gasteiger partial charge < -0.3 is 20.6 Å². The molecule has 8 nitrogen and oxygen atoms in total. The molecule has 3 aliphatic carbocycles. The third-order valence-corrected chi connectivity index (χ3v) is 10.6. The third-order valence-electron chi connectivity index (χ3n) is 7.91. The normalized spacial score (nSPS) is 25.8. The highest BCUT2D eigenvalue weighted by Gasteiger charge is 2.64. The molecular formula is C27H25ClF2N2O6S. The number of aromatic nitrogens is 1. The minimum absolute atomic E-state index is 0.0163. The van der Waals surface area contributed by atoms with E-state index >= 15 is 0 Å². The van der Waals surface area contributed by atoms with Crippen LogP contribution in [0.25, 0.3) is 0 Å². The van der Waals surface area contributed by atoms with E-state index in [0.717, 1.165) is 18.2 Å². The lowest BCUT2D eigenvalue weighted by atomic mass is 9.51. The standard InChI is InChI=1S/C27H25ClF2N2O6S/c28-20-3-1-15(26(35)32-18-2-4-21(29)22(30)13-18)9-23(20)39(37,38)19-11-16-10-17(12-19)27(16,36)25(34)24(33)14-5-7-31-8-6-14/h1-9,13,16-17,19,24-25,33-34,36H,10-12H2,(H,32,35). The van der Waals surface area contributed by atoms with Gasteiger partial charge in [-0.3, -0.25) is 9.78 Å². The van der Waals surface area contributed by atoms with Crippen LogP contribution in [-0.4, -0.2) is 51.6 Å². The summed E-state index contributed by atoms with van der Waals surface area (Å²) >= 11 is 6.24. The van der Waals surface area contributed by atoms with Crippen molar-refractivity contribution in [3.63, 3.8) is 0 Å². The number of rotatable bonds is 7. The van der Waals surface area contributed by atoms with Crippen LogP contribution in [0.5, 0.6) is 0 Å². The molecule has 3 aromatic rings. The average Bonchev–Trinajstić information content (AvgIpc) is 2.94. The van der Waals surface area contributed by atoms with E-state index in [1.807, 2.05) is 0 Å². The number of pyridine rings is 1. The second kappa shape index (κ2) is 10.2. The van der Waals surface area contributed by atoms with Crippen molar-refractivity contribution in [3.8, 4) is 0 Å². The molecule has 4 unspecified atom stereocenters. The van der Waals surface area contributed by atoms with Gasteiger partial charge in [-0.1, -0.05) is 11.6 Å². The summed E-state index contributed by atoms with van der Waals surface area (Å²) in [4.78, 5) is 16.3. The highest BCUT2D eigenvalue weighted by Crippen LogP contribution is 2.58. The van der Waals surface area contributed by atoms with Gasteiger partial charge in [0.1, 0.15) is 12.2 Å². The summed E-state index contributed by atoms with van der Waals surface area (Å²) in [5.41, 5.74) is -1.36. The highest BCUT2D eigenvalue weighted by atomic mass is 35.5.